The molecule has 4 heterocycles. The number of nitrogens with one attached hydrogen (secondary N) is 1. The number of aromatic nitrogens is 6. The van der Waals surface area contributed by atoms with Crippen LogP contribution in [0.4, 0.5) is 11.4 Å². The Hall–Kier alpha value is -5.20. The van der Waals surface area contributed by atoms with Crippen molar-refractivity contribution < 1.29 is 14.3 Å². The predicted molar refractivity (Wildman–Crippen MR) is 213 cm³/mol. The molecule has 0 aliphatic heterocycles. The first kappa shape index (κ1) is 38.0. The molecule has 0 saturated carbocycles. The highest BCUT2D eigenvalue weighted by atomic mass is 28.3. The summed E-state index contributed by atoms with van der Waals surface area (Å²) in [6.45, 7) is 19.4. The average molecular weight is 719 g/mol. The highest BCUT2D eigenvalue weighted by Gasteiger charge is 2.29. The van der Waals surface area contributed by atoms with Gasteiger partial charge in [-0.1, -0.05) is 85.4 Å². The van der Waals surface area contributed by atoms with Crippen LogP contribution in [0.3, 0.4) is 0 Å². The fourth-order valence-corrected chi connectivity index (χ4v) is 6.16. The number of nitrogens with two attached hydrogens (primary N) is 2. The van der Waals surface area contributed by atoms with E-state index in [-0.39, 0.29) is 11.6 Å². The predicted octanol–water partition coefficient (Wildman–Crippen LogP) is 8.66. The number of carbonyl (C=O) groups is 2. The van der Waals surface area contributed by atoms with Gasteiger partial charge in [-0.2, -0.15) is 0 Å². The lowest BCUT2D eigenvalue weighted by molar-refractivity contribution is 0.0846. The van der Waals surface area contributed by atoms with Crippen molar-refractivity contribution in [1.29, 1.82) is 0 Å². The molecule has 0 spiro atoms. The summed E-state index contributed by atoms with van der Waals surface area (Å²) in [5, 5.41) is 0. The maximum absolute atomic E-state index is 13.1. The van der Waals surface area contributed by atoms with Crippen LogP contribution in [0.25, 0.3) is 44.8 Å². The van der Waals surface area contributed by atoms with Crippen LogP contribution in [0, 0.1) is 10.8 Å². The van der Waals surface area contributed by atoms with Gasteiger partial charge in [-0.15, -0.1) is 0 Å². The number of nitrogens with zero attached hydrogens (tertiary/aromatic N) is 5. The fraction of sp³-hybridized carbons (Fsp3) is 0.350. The van der Waals surface area contributed by atoms with Crippen molar-refractivity contribution in [2.75, 3.05) is 18.1 Å². The van der Waals surface area contributed by atoms with Crippen LogP contribution >= 0.6 is 0 Å². The Bertz CT molecular complexity index is 2240. The zero-order valence-corrected chi connectivity index (χ0v) is 32.7. The molecule has 0 aliphatic carbocycles. The summed E-state index contributed by atoms with van der Waals surface area (Å²) >= 11 is 0. The van der Waals surface area contributed by atoms with Crippen LogP contribution < -0.4 is 11.5 Å². The Kier molecular flexibility index (Phi) is 10.8. The number of H-pyrrole nitrogens is 1. The molecule has 0 unspecified atom stereocenters. The highest BCUT2D eigenvalue weighted by Crippen LogP contribution is 2.30. The van der Waals surface area contributed by atoms with Crippen LogP contribution in [-0.2, 0) is 11.5 Å². The largest absolute Gasteiger partial charge is 0.399 e. The molecule has 0 bridgehead atoms. The van der Waals surface area contributed by atoms with E-state index < -0.39 is 18.9 Å². The number of rotatable bonds is 9. The van der Waals surface area contributed by atoms with Gasteiger partial charge in [-0.25, -0.2) is 19.9 Å². The molecule has 12 heteroatoms. The number of aromatic amines is 1. The molecule has 5 N–H and O–H groups in total. The van der Waals surface area contributed by atoms with E-state index in [0.29, 0.717) is 69.6 Å². The molecule has 2 aromatic carbocycles. The van der Waals surface area contributed by atoms with E-state index in [9.17, 15) is 9.59 Å². The molecule has 0 fully saturated rings. The Morgan fingerprint density at radius 3 is 1.87 bits per heavy atom. The first-order chi connectivity index (χ1) is 24.3. The second kappa shape index (κ2) is 14.8. The van der Waals surface area contributed by atoms with Gasteiger partial charge in [0.1, 0.15) is 17.8 Å². The summed E-state index contributed by atoms with van der Waals surface area (Å²) in [6, 6.07) is 16.1. The lowest BCUT2D eigenvalue weighted by Gasteiger charge is -2.16. The maximum Gasteiger partial charge on any atom is 0.171 e. The number of Topliss-reactive ketones (excluding diaryl/α,β-unsaturated/α-hetero) is 2. The number of nitrogen functional groups attached to an aromatic ring is 2. The summed E-state index contributed by atoms with van der Waals surface area (Å²) in [7, 11) is -1.16. The molecule has 0 atom stereocenters. The first-order valence-corrected chi connectivity index (χ1v) is 21.1. The topological polar surface area (TPSA) is 168 Å². The van der Waals surface area contributed by atoms with Gasteiger partial charge in [0.15, 0.2) is 22.9 Å². The van der Waals surface area contributed by atoms with Crippen LogP contribution in [0.2, 0.25) is 25.7 Å². The number of ketones is 2. The van der Waals surface area contributed by atoms with E-state index in [1.54, 1.807) is 18.6 Å². The van der Waals surface area contributed by atoms with Crippen LogP contribution in [-0.4, -0.2) is 55.7 Å². The van der Waals surface area contributed by atoms with Crippen molar-refractivity contribution in [2.45, 2.75) is 74.0 Å². The zero-order valence-electron chi connectivity index (χ0n) is 31.7. The molecule has 0 amide bonds. The van der Waals surface area contributed by atoms with Gasteiger partial charge in [0, 0.05) is 60.4 Å². The van der Waals surface area contributed by atoms with E-state index in [1.807, 2.05) is 101 Å². The number of benzene rings is 2. The quantitative estimate of drug-likeness (QED) is 0.0573. The van der Waals surface area contributed by atoms with Crippen molar-refractivity contribution in [3.63, 3.8) is 0 Å². The van der Waals surface area contributed by atoms with E-state index in [4.69, 9.17) is 21.2 Å². The zero-order chi connectivity index (χ0) is 38.0. The smallest absolute Gasteiger partial charge is 0.171 e. The summed E-state index contributed by atoms with van der Waals surface area (Å²) in [5.74, 6) is 0.0742. The van der Waals surface area contributed by atoms with Gasteiger partial charge in [0.25, 0.3) is 0 Å². The van der Waals surface area contributed by atoms with Gasteiger partial charge in [0.2, 0.25) is 0 Å². The van der Waals surface area contributed by atoms with Crippen molar-refractivity contribution in [3.05, 3.63) is 84.4 Å². The monoisotopic (exact) mass is 718 g/mol. The normalized spacial score (nSPS) is 12.2. The molecule has 0 aliphatic rings. The second-order valence-corrected chi connectivity index (χ2v) is 22.0. The van der Waals surface area contributed by atoms with E-state index >= 15 is 0 Å². The minimum atomic E-state index is -1.16. The minimum absolute atomic E-state index is 0.0346. The Balaban J connectivity index is 0.000000210. The SMILES string of the molecule is CC(C)(C)C(=O)c1c[nH]c2ncc(-c3cccc(N)c3)nc12.CC(C)(C)C(=O)c1cn(COCC[Si](C)(C)C)c2ncc(-c3cccc(N)c3)nc12. The van der Waals surface area contributed by atoms with Crippen molar-refractivity contribution in [3.8, 4) is 22.5 Å². The molecule has 11 nitrogen and oxygen atoms in total. The second-order valence-electron chi connectivity index (χ2n) is 16.4. The lowest BCUT2D eigenvalue weighted by atomic mass is 9.87. The number of ether oxygens (including phenoxy) is 1. The van der Waals surface area contributed by atoms with Gasteiger partial charge in [0.05, 0.1) is 34.9 Å². The fourth-order valence-electron chi connectivity index (χ4n) is 5.40. The van der Waals surface area contributed by atoms with E-state index in [1.165, 1.54) is 0 Å². The minimum Gasteiger partial charge on any atom is -0.399 e. The lowest BCUT2D eigenvalue weighted by Crippen LogP contribution is -2.22. The summed E-state index contributed by atoms with van der Waals surface area (Å²) in [4.78, 5) is 47.1. The molecular weight excluding hydrogens is 669 g/mol. The number of anilines is 2. The molecule has 4 aromatic heterocycles. The number of hydrogen-bond acceptors (Lipinski definition) is 9. The molecule has 0 saturated heterocycles. The molecule has 6 aromatic rings. The molecule has 6 rings (SSSR count). The first-order valence-electron chi connectivity index (χ1n) is 17.4. The van der Waals surface area contributed by atoms with Crippen LogP contribution in [0.15, 0.2) is 73.3 Å². The molecule has 272 valence electrons. The molecule has 0 radical (unpaired) electrons. The maximum atomic E-state index is 13.1. The van der Waals surface area contributed by atoms with Crippen molar-refractivity contribution in [1.82, 2.24) is 29.5 Å². The third-order valence-electron chi connectivity index (χ3n) is 8.39. The van der Waals surface area contributed by atoms with Crippen LogP contribution in [0.1, 0.15) is 62.3 Å². The Labute approximate surface area is 306 Å². The van der Waals surface area contributed by atoms with Crippen molar-refractivity contribution >= 4 is 53.3 Å². The molecular formula is C40H50N8O3Si. The molecule has 52 heavy (non-hydrogen) atoms. The number of carbonyl (C=O) groups excluding carboxylic acids is 2. The Morgan fingerprint density at radius 2 is 1.33 bits per heavy atom. The van der Waals surface area contributed by atoms with E-state index in [2.05, 4.69) is 39.6 Å². The standard InChI is InChI=1S/C23H32N4O2Si.C17H18N4O/c1-23(2,3)21(28)18-14-27(15-29-10-11-30(4,5)6)22-20(18)26-19(13-25-22)16-8-7-9-17(24)12-16;1-17(2,3)15(22)12-8-19-16-14(12)21-13(9-20-16)10-5-4-6-11(18)7-10/h7-9,12-14H,10-11,15,24H2,1-6H3;4-9H,18H2,1-3H3,(H,19,20). The summed E-state index contributed by atoms with van der Waals surface area (Å²) in [5.41, 5.74) is 18.8. The van der Waals surface area contributed by atoms with Gasteiger partial charge >= 0.3 is 0 Å². The number of hydrogen-bond donors (Lipinski definition) is 3. The van der Waals surface area contributed by atoms with Crippen LogP contribution in [0.5, 0.6) is 0 Å². The van der Waals surface area contributed by atoms with Gasteiger partial charge < -0.3 is 25.8 Å². The van der Waals surface area contributed by atoms with E-state index in [0.717, 1.165) is 17.2 Å². The summed E-state index contributed by atoms with van der Waals surface area (Å²) < 4.78 is 7.80. The summed E-state index contributed by atoms with van der Waals surface area (Å²) in [6.07, 6.45) is 6.91. The number of fused-ring (bicyclic) bond motifs is 2. The average Bonchev–Trinajstić information content (AvgIpc) is 3.66. The van der Waals surface area contributed by atoms with Gasteiger partial charge in [-0.3, -0.25) is 9.59 Å². The third-order valence-corrected chi connectivity index (χ3v) is 10.1. The third kappa shape index (κ3) is 8.98. The van der Waals surface area contributed by atoms with Gasteiger partial charge in [-0.05, 0) is 30.3 Å². The highest BCUT2D eigenvalue weighted by molar-refractivity contribution is 6.76. The van der Waals surface area contributed by atoms with Crippen molar-refractivity contribution in [2.24, 2.45) is 10.8 Å². The Morgan fingerprint density at radius 1 is 0.788 bits per heavy atom.